The van der Waals surface area contributed by atoms with E-state index in [1.54, 1.807) is 12.4 Å². The van der Waals surface area contributed by atoms with Gasteiger partial charge in [-0.15, -0.1) is 0 Å². The predicted octanol–water partition coefficient (Wildman–Crippen LogP) is 0.499. The second-order valence-electron chi connectivity index (χ2n) is 2.10. The maximum absolute atomic E-state index is 3.90. The summed E-state index contributed by atoms with van der Waals surface area (Å²) < 4.78 is 0. The molecule has 0 aromatic carbocycles. The number of rotatable bonds is 1. The van der Waals surface area contributed by atoms with Gasteiger partial charge in [0.05, 0.1) is 0 Å². The molecule has 0 saturated carbocycles. The number of hydrogen-bond donors (Lipinski definition) is 0. The first-order valence-electron chi connectivity index (χ1n) is 2.88. The summed E-state index contributed by atoms with van der Waals surface area (Å²) in [4.78, 5) is 5.94. The summed E-state index contributed by atoms with van der Waals surface area (Å²) in [5.74, 6) is 0. The minimum atomic E-state index is 0. The summed E-state index contributed by atoms with van der Waals surface area (Å²) in [6, 6.07) is 3.94. The van der Waals surface area contributed by atoms with E-state index in [-0.39, 0.29) is 29.6 Å². The molecule has 0 radical (unpaired) electrons. The van der Waals surface area contributed by atoms with Gasteiger partial charge >= 0.3 is 29.6 Å². The number of pyridine rings is 1. The molecular formula is C7H11N2Na. The summed E-state index contributed by atoms with van der Waals surface area (Å²) in [5.41, 5.74) is 1.19. The Morgan fingerprint density at radius 1 is 1.20 bits per heavy atom. The second kappa shape index (κ2) is 4.72. The van der Waals surface area contributed by atoms with Crippen molar-refractivity contribution < 1.29 is 0 Å². The van der Waals surface area contributed by atoms with Crippen molar-refractivity contribution >= 4 is 35.2 Å². The normalized spacial score (nSPS) is 8.20. The number of hydrogen-bond acceptors (Lipinski definition) is 2. The van der Waals surface area contributed by atoms with Crippen LogP contribution in [0.15, 0.2) is 24.5 Å². The van der Waals surface area contributed by atoms with Gasteiger partial charge in [-0.25, -0.2) is 0 Å². The molecule has 1 heterocycles. The van der Waals surface area contributed by atoms with Crippen LogP contribution >= 0.6 is 0 Å². The second-order valence-corrected chi connectivity index (χ2v) is 2.10. The summed E-state index contributed by atoms with van der Waals surface area (Å²) >= 11 is 0. The summed E-state index contributed by atoms with van der Waals surface area (Å²) in [6.45, 7) is 0. The molecule has 10 heavy (non-hydrogen) atoms. The maximum atomic E-state index is 3.90. The zero-order valence-corrected chi connectivity index (χ0v) is 5.70. The van der Waals surface area contributed by atoms with Gasteiger partial charge in [0.1, 0.15) is 0 Å². The van der Waals surface area contributed by atoms with Crippen LogP contribution in [0.25, 0.3) is 0 Å². The Balaban J connectivity index is 0.000000810. The van der Waals surface area contributed by atoms with Crippen LogP contribution in [0.1, 0.15) is 0 Å². The molecule has 0 fully saturated rings. The predicted molar refractivity (Wildman–Crippen MR) is 45.7 cm³/mol. The van der Waals surface area contributed by atoms with E-state index < -0.39 is 0 Å². The van der Waals surface area contributed by atoms with Gasteiger partial charge in [0.25, 0.3) is 0 Å². The van der Waals surface area contributed by atoms with Crippen molar-refractivity contribution in [2.75, 3.05) is 19.0 Å². The van der Waals surface area contributed by atoms with E-state index in [4.69, 9.17) is 0 Å². The topological polar surface area (TPSA) is 16.1 Å². The van der Waals surface area contributed by atoms with Gasteiger partial charge in [-0.3, -0.25) is 4.98 Å². The number of anilines is 1. The van der Waals surface area contributed by atoms with Crippen LogP contribution in [-0.4, -0.2) is 48.6 Å². The molecule has 50 valence electrons. The first-order chi connectivity index (χ1) is 4.30. The SMILES string of the molecule is CN(C)c1ccncc1.[NaH]. The Morgan fingerprint density at radius 3 is 2.00 bits per heavy atom. The zero-order valence-electron chi connectivity index (χ0n) is 5.70. The molecule has 0 unspecified atom stereocenters. The van der Waals surface area contributed by atoms with Crippen molar-refractivity contribution in [2.24, 2.45) is 0 Å². The van der Waals surface area contributed by atoms with Gasteiger partial charge in [0.15, 0.2) is 0 Å². The first kappa shape index (κ1) is 9.95. The van der Waals surface area contributed by atoms with Crippen LogP contribution < -0.4 is 4.90 Å². The molecule has 1 aromatic rings. The Labute approximate surface area is 83.6 Å². The van der Waals surface area contributed by atoms with E-state index in [2.05, 4.69) is 4.98 Å². The van der Waals surface area contributed by atoms with Gasteiger partial charge < -0.3 is 4.90 Å². The van der Waals surface area contributed by atoms with Crippen LogP contribution in [-0.2, 0) is 0 Å². The molecule has 1 aromatic heterocycles. The van der Waals surface area contributed by atoms with Crippen molar-refractivity contribution in [3.05, 3.63) is 24.5 Å². The van der Waals surface area contributed by atoms with Gasteiger partial charge in [-0.05, 0) is 12.1 Å². The molecule has 0 aliphatic heterocycles. The number of nitrogens with zero attached hydrogens (tertiary/aromatic N) is 2. The molecule has 0 atom stereocenters. The van der Waals surface area contributed by atoms with Gasteiger partial charge in [-0.1, -0.05) is 0 Å². The summed E-state index contributed by atoms with van der Waals surface area (Å²) in [6.07, 6.45) is 3.57. The van der Waals surface area contributed by atoms with Crippen LogP contribution in [0.4, 0.5) is 5.69 Å². The van der Waals surface area contributed by atoms with E-state index in [0.29, 0.717) is 0 Å². The average molecular weight is 146 g/mol. The van der Waals surface area contributed by atoms with E-state index in [1.165, 1.54) is 5.69 Å². The fraction of sp³-hybridized carbons (Fsp3) is 0.286. The summed E-state index contributed by atoms with van der Waals surface area (Å²) in [7, 11) is 4.02. The van der Waals surface area contributed by atoms with E-state index in [9.17, 15) is 0 Å². The van der Waals surface area contributed by atoms with Crippen molar-refractivity contribution in [3.63, 3.8) is 0 Å². The molecule has 2 nitrogen and oxygen atoms in total. The summed E-state index contributed by atoms with van der Waals surface area (Å²) in [5, 5.41) is 0. The van der Waals surface area contributed by atoms with Crippen LogP contribution in [0, 0.1) is 0 Å². The van der Waals surface area contributed by atoms with E-state index >= 15 is 0 Å². The van der Waals surface area contributed by atoms with E-state index in [0.717, 1.165) is 0 Å². The Morgan fingerprint density at radius 2 is 1.70 bits per heavy atom. The molecule has 1 rings (SSSR count). The van der Waals surface area contributed by atoms with Gasteiger partial charge in [-0.2, -0.15) is 0 Å². The van der Waals surface area contributed by atoms with Gasteiger partial charge in [0.2, 0.25) is 0 Å². The Bertz CT molecular complexity index is 174. The van der Waals surface area contributed by atoms with Crippen LogP contribution in [0.3, 0.4) is 0 Å². The molecule has 0 saturated heterocycles. The van der Waals surface area contributed by atoms with Gasteiger partial charge in [0, 0.05) is 32.2 Å². The molecule has 0 bridgehead atoms. The number of aromatic nitrogens is 1. The Kier molecular flexibility index (Phi) is 4.69. The monoisotopic (exact) mass is 146 g/mol. The molecule has 0 spiro atoms. The van der Waals surface area contributed by atoms with Crippen molar-refractivity contribution in [3.8, 4) is 0 Å². The third kappa shape index (κ3) is 2.69. The molecular weight excluding hydrogens is 135 g/mol. The first-order valence-corrected chi connectivity index (χ1v) is 2.88. The third-order valence-corrected chi connectivity index (χ3v) is 1.18. The molecule has 3 heteroatoms. The fourth-order valence-electron chi connectivity index (χ4n) is 0.642. The van der Waals surface area contributed by atoms with Crippen LogP contribution in [0.2, 0.25) is 0 Å². The molecule has 0 N–H and O–H groups in total. The molecule has 0 aliphatic rings. The van der Waals surface area contributed by atoms with Crippen molar-refractivity contribution in [1.29, 1.82) is 0 Å². The minimum absolute atomic E-state index is 0. The van der Waals surface area contributed by atoms with Crippen LogP contribution in [0.5, 0.6) is 0 Å². The fourth-order valence-corrected chi connectivity index (χ4v) is 0.642. The van der Waals surface area contributed by atoms with E-state index in [1.807, 2.05) is 31.1 Å². The standard InChI is InChI=1S/C7H10N2.Na.H/c1-9(2)7-3-5-8-6-4-7;;/h3-6H,1-2H3;;. The molecule has 0 amide bonds. The molecule has 0 aliphatic carbocycles. The quantitative estimate of drug-likeness (QED) is 0.536. The third-order valence-electron chi connectivity index (χ3n) is 1.18. The van der Waals surface area contributed by atoms with Crippen molar-refractivity contribution in [2.45, 2.75) is 0 Å². The van der Waals surface area contributed by atoms with Crippen molar-refractivity contribution in [1.82, 2.24) is 4.98 Å². The zero-order chi connectivity index (χ0) is 6.69. The Hall–Kier alpha value is -0.0500. The average Bonchev–Trinajstić information content (AvgIpc) is 1.90.